The minimum Gasteiger partial charge on any atom is -0.134 e. The van der Waals surface area contributed by atoms with E-state index in [2.05, 4.69) is 80.6 Å². The Morgan fingerprint density at radius 3 is 1.89 bits per heavy atom. The standard InChI is InChI=1S/C25H18Cl2S/c1-25(2)21-18(13-17(26)14-19(21)27)20-22(25)24(16-11-7-4-8-12-16)28-23(20)15-9-5-3-6-10-15/h3-14H,1-2H3. The van der Waals surface area contributed by atoms with Crippen LogP contribution < -0.4 is 0 Å². The summed E-state index contributed by atoms with van der Waals surface area (Å²) in [5.74, 6) is 0. The van der Waals surface area contributed by atoms with Crippen LogP contribution in [0.15, 0.2) is 72.8 Å². The maximum atomic E-state index is 6.72. The highest BCUT2D eigenvalue weighted by atomic mass is 35.5. The minimum absolute atomic E-state index is 0.193. The van der Waals surface area contributed by atoms with E-state index in [-0.39, 0.29) is 5.41 Å². The number of thiophene rings is 1. The first-order chi connectivity index (χ1) is 13.5. The van der Waals surface area contributed by atoms with E-state index in [1.807, 2.05) is 17.4 Å². The Bertz CT molecular complexity index is 1190. The van der Waals surface area contributed by atoms with E-state index in [0.29, 0.717) is 5.02 Å². The molecule has 138 valence electrons. The molecule has 4 aromatic rings. The first-order valence-corrected chi connectivity index (χ1v) is 10.8. The van der Waals surface area contributed by atoms with Gasteiger partial charge in [-0.25, -0.2) is 0 Å². The van der Waals surface area contributed by atoms with E-state index in [1.54, 1.807) is 0 Å². The summed E-state index contributed by atoms with van der Waals surface area (Å²) in [6.45, 7) is 4.54. The Morgan fingerprint density at radius 1 is 0.714 bits per heavy atom. The zero-order valence-corrected chi connectivity index (χ0v) is 17.9. The molecular formula is C25H18Cl2S. The Balaban J connectivity index is 1.91. The van der Waals surface area contributed by atoms with E-state index in [9.17, 15) is 0 Å². The molecule has 5 rings (SSSR count). The zero-order valence-electron chi connectivity index (χ0n) is 15.6. The molecule has 0 fully saturated rings. The third-order valence-corrected chi connectivity index (χ3v) is 7.36. The molecule has 1 aliphatic carbocycles. The number of rotatable bonds is 2. The average Bonchev–Trinajstić information content (AvgIpc) is 3.19. The quantitative estimate of drug-likeness (QED) is 0.304. The highest BCUT2D eigenvalue weighted by Gasteiger charge is 2.42. The zero-order chi connectivity index (χ0) is 19.5. The number of benzene rings is 3. The lowest BCUT2D eigenvalue weighted by molar-refractivity contribution is 0.664. The lowest BCUT2D eigenvalue weighted by Crippen LogP contribution is -2.16. The van der Waals surface area contributed by atoms with Crippen LogP contribution in [0.25, 0.3) is 32.0 Å². The molecule has 0 aliphatic heterocycles. The molecule has 1 aliphatic rings. The van der Waals surface area contributed by atoms with Gasteiger partial charge in [-0.05, 0) is 39.9 Å². The molecule has 3 heteroatoms. The fourth-order valence-corrected chi connectivity index (χ4v) is 6.62. The summed E-state index contributed by atoms with van der Waals surface area (Å²) in [6.07, 6.45) is 0. The summed E-state index contributed by atoms with van der Waals surface area (Å²) in [7, 11) is 0. The molecule has 1 heterocycles. The maximum absolute atomic E-state index is 6.72. The lowest BCUT2D eigenvalue weighted by Gasteiger charge is -2.23. The fraction of sp³-hybridized carbons (Fsp3) is 0.120. The van der Waals surface area contributed by atoms with Gasteiger partial charge in [0.15, 0.2) is 0 Å². The van der Waals surface area contributed by atoms with E-state index < -0.39 is 0 Å². The van der Waals surface area contributed by atoms with Crippen molar-refractivity contribution in [1.29, 1.82) is 0 Å². The summed E-state index contributed by atoms with van der Waals surface area (Å²) in [4.78, 5) is 2.59. The molecule has 0 saturated heterocycles. The second kappa shape index (κ2) is 6.49. The Kier molecular flexibility index (Phi) is 4.17. The molecule has 28 heavy (non-hydrogen) atoms. The first kappa shape index (κ1) is 18.0. The van der Waals surface area contributed by atoms with Crippen molar-refractivity contribution in [2.45, 2.75) is 19.3 Å². The van der Waals surface area contributed by atoms with Crippen LogP contribution in [-0.2, 0) is 5.41 Å². The molecular weight excluding hydrogens is 403 g/mol. The predicted octanol–water partition coefficient (Wildman–Crippen LogP) is 8.70. The van der Waals surface area contributed by atoms with Gasteiger partial charge in [-0.2, -0.15) is 0 Å². The number of hydrogen-bond acceptors (Lipinski definition) is 1. The minimum atomic E-state index is -0.193. The number of fused-ring (bicyclic) bond motifs is 3. The average molecular weight is 421 g/mol. The van der Waals surface area contributed by atoms with Crippen LogP contribution in [0.2, 0.25) is 10.0 Å². The van der Waals surface area contributed by atoms with Crippen LogP contribution in [0, 0.1) is 0 Å². The topological polar surface area (TPSA) is 0 Å². The molecule has 0 amide bonds. The van der Waals surface area contributed by atoms with Crippen molar-refractivity contribution < 1.29 is 0 Å². The molecule has 0 nitrogen and oxygen atoms in total. The Labute approximate surface area is 179 Å². The summed E-state index contributed by atoms with van der Waals surface area (Å²) in [6, 6.07) is 25.2. The van der Waals surface area contributed by atoms with E-state index in [1.165, 1.54) is 37.6 Å². The largest absolute Gasteiger partial charge is 0.134 e. The molecule has 3 aromatic carbocycles. The van der Waals surface area contributed by atoms with Crippen molar-refractivity contribution in [3.63, 3.8) is 0 Å². The van der Waals surface area contributed by atoms with Gasteiger partial charge in [-0.15, -0.1) is 11.3 Å². The summed E-state index contributed by atoms with van der Waals surface area (Å²) in [5, 5.41) is 1.42. The third kappa shape index (κ3) is 2.58. The van der Waals surface area contributed by atoms with Crippen molar-refractivity contribution >= 4 is 34.5 Å². The van der Waals surface area contributed by atoms with E-state index in [0.717, 1.165) is 10.6 Å². The van der Waals surface area contributed by atoms with Crippen LogP contribution in [0.5, 0.6) is 0 Å². The van der Waals surface area contributed by atoms with E-state index >= 15 is 0 Å². The van der Waals surface area contributed by atoms with Gasteiger partial charge in [0, 0.05) is 30.8 Å². The van der Waals surface area contributed by atoms with Crippen molar-refractivity contribution in [2.75, 3.05) is 0 Å². The monoisotopic (exact) mass is 420 g/mol. The van der Waals surface area contributed by atoms with Gasteiger partial charge < -0.3 is 0 Å². The second-order valence-corrected chi connectivity index (χ2v) is 9.54. The first-order valence-electron chi connectivity index (χ1n) is 9.26. The van der Waals surface area contributed by atoms with Crippen molar-refractivity contribution in [2.24, 2.45) is 0 Å². The van der Waals surface area contributed by atoms with Crippen molar-refractivity contribution in [3.8, 4) is 32.0 Å². The molecule has 0 radical (unpaired) electrons. The fourth-order valence-electron chi connectivity index (χ4n) is 4.40. The van der Waals surface area contributed by atoms with E-state index in [4.69, 9.17) is 23.2 Å². The molecule has 1 aromatic heterocycles. The molecule has 0 bridgehead atoms. The van der Waals surface area contributed by atoms with Crippen LogP contribution in [-0.4, -0.2) is 0 Å². The van der Waals surface area contributed by atoms with Gasteiger partial charge in [0.1, 0.15) is 0 Å². The van der Waals surface area contributed by atoms with Crippen LogP contribution in [0.1, 0.15) is 25.0 Å². The van der Waals surface area contributed by atoms with Crippen molar-refractivity contribution in [3.05, 3.63) is 94.0 Å². The molecule has 0 atom stereocenters. The number of halogens is 2. The summed E-state index contributed by atoms with van der Waals surface area (Å²) >= 11 is 15.0. The van der Waals surface area contributed by atoms with Crippen LogP contribution >= 0.6 is 34.5 Å². The van der Waals surface area contributed by atoms with Gasteiger partial charge in [-0.1, -0.05) is 97.7 Å². The summed E-state index contributed by atoms with van der Waals surface area (Å²) in [5.41, 5.74) is 7.24. The Morgan fingerprint density at radius 2 is 1.29 bits per heavy atom. The Hall–Kier alpha value is -2.06. The highest BCUT2D eigenvalue weighted by molar-refractivity contribution is 7.19. The van der Waals surface area contributed by atoms with Crippen molar-refractivity contribution in [1.82, 2.24) is 0 Å². The van der Waals surface area contributed by atoms with Crippen LogP contribution in [0.3, 0.4) is 0 Å². The lowest BCUT2D eigenvalue weighted by atomic mass is 9.81. The van der Waals surface area contributed by atoms with Crippen LogP contribution in [0.4, 0.5) is 0 Å². The SMILES string of the molecule is CC1(C)c2c(Cl)cc(Cl)cc2-c2c(-c3ccccc3)sc(-c3ccccc3)c21. The number of hydrogen-bond donors (Lipinski definition) is 0. The van der Waals surface area contributed by atoms with Gasteiger partial charge in [-0.3, -0.25) is 0 Å². The van der Waals surface area contributed by atoms with Gasteiger partial charge in [0.25, 0.3) is 0 Å². The summed E-state index contributed by atoms with van der Waals surface area (Å²) < 4.78 is 0. The third-order valence-electron chi connectivity index (χ3n) is 5.55. The highest BCUT2D eigenvalue weighted by Crippen LogP contribution is 2.61. The molecule has 0 unspecified atom stereocenters. The van der Waals surface area contributed by atoms with Gasteiger partial charge in [0.05, 0.1) is 0 Å². The van der Waals surface area contributed by atoms with Gasteiger partial charge >= 0.3 is 0 Å². The molecule has 0 N–H and O–H groups in total. The smallest absolute Gasteiger partial charge is 0.0467 e. The van der Waals surface area contributed by atoms with Gasteiger partial charge in [0.2, 0.25) is 0 Å². The molecule has 0 spiro atoms. The normalized spacial score (nSPS) is 14.0. The second-order valence-electron chi connectivity index (χ2n) is 7.68. The predicted molar refractivity (Wildman–Crippen MR) is 123 cm³/mol. The molecule has 0 saturated carbocycles. The maximum Gasteiger partial charge on any atom is 0.0467 e.